The summed E-state index contributed by atoms with van der Waals surface area (Å²) < 4.78 is 6.55. The number of aryl methyl sites for hydroxylation is 1. The average Bonchev–Trinajstić information content (AvgIpc) is 3.00. The Kier molecular flexibility index (Phi) is 4.87. The highest BCUT2D eigenvalue weighted by Gasteiger charge is 2.10. The van der Waals surface area contributed by atoms with Gasteiger partial charge in [0.15, 0.2) is 0 Å². The van der Waals surface area contributed by atoms with Crippen molar-refractivity contribution in [2.45, 2.75) is 25.8 Å². The van der Waals surface area contributed by atoms with E-state index in [1.807, 2.05) is 54.6 Å². The van der Waals surface area contributed by atoms with Crippen LogP contribution in [0.4, 0.5) is 0 Å². The zero-order chi connectivity index (χ0) is 16.8. The van der Waals surface area contributed by atoms with Crippen molar-refractivity contribution in [2.24, 2.45) is 0 Å². The van der Waals surface area contributed by atoms with Gasteiger partial charge in [-0.05, 0) is 36.1 Å². The fourth-order valence-electron chi connectivity index (χ4n) is 2.47. The van der Waals surface area contributed by atoms with Crippen molar-refractivity contribution in [3.8, 4) is 28.7 Å². The standard InChI is InChI=1S/C19H17N3O2/c20-13-5-2-6-14-22-19(23)24-18(21-22)17-11-9-16(10-12-17)15-7-3-1-4-8-15/h1,3-4,7-12H,2,5-6,14H2. The lowest BCUT2D eigenvalue weighted by Gasteiger charge is -2.02. The number of unbranched alkanes of at least 4 members (excludes halogenated alkanes) is 2. The first-order valence-corrected chi connectivity index (χ1v) is 7.89. The zero-order valence-corrected chi connectivity index (χ0v) is 13.2. The van der Waals surface area contributed by atoms with Gasteiger partial charge in [0.2, 0.25) is 5.89 Å². The van der Waals surface area contributed by atoms with E-state index >= 15 is 0 Å². The summed E-state index contributed by atoms with van der Waals surface area (Å²) in [6, 6.07) is 19.9. The first-order valence-electron chi connectivity index (χ1n) is 7.89. The molecule has 5 heteroatoms. The summed E-state index contributed by atoms with van der Waals surface area (Å²) >= 11 is 0. The molecule has 1 heterocycles. The van der Waals surface area contributed by atoms with Crippen molar-refractivity contribution in [3.05, 3.63) is 65.1 Å². The van der Waals surface area contributed by atoms with Gasteiger partial charge < -0.3 is 4.42 Å². The highest BCUT2D eigenvalue weighted by molar-refractivity contribution is 5.67. The average molecular weight is 319 g/mol. The Morgan fingerprint density at radius 2 is 1.62 bits per heavy atom. The van der Waals surface area contributed by atoms with E-state index in [9.17, 15) is 4.79 Å². The van der Waals surface area contributed by atoms with E-state index in [0.29, 0.717) is 18.9 Å². The predicted octanol–water partition coefficient (Wildman–Crippen LogP) is 3.86. The van der Waals surface area contributed by atoms with Crippen LogP contribution in [0.1, 0.15) is 19.3 Å². The lowest BCUT2D eigenvalue weighted by molar-refractivity contribution is 0.469. The van der Waals surface area contributed by atoms with Crippen LogP contribution >= 0.6 is 0 Å². The van der Waals surface area contributed by atoms with Crippen molar-refractivity contribution in [2.75, 3.05) is 0 Å². The van der Waals surface area contributed by atoms with Crippen LogP contribution in [-0.2, 0) is 6.54 Å². The first kappa shape index (κ1) is 15.8. The molecule has 3 aromatic rings. The summed E-state index contributed by atoms with van der Waals surface area (Å²) in [6.07, 6.45) is 1.96. The molecule has 1 aromatic heterocycles. The topological polar surface area (TPSA) is 71.8 Å². The molecule has 5 nitrogen and oxygen atoms in total. The number of rotatable bonds is 6. The Bertz CT molecular complexity index is 887. The number of nitriles is 1. The molecule has 0 aliphatic heterocycles. The lowest BCUT2D eigenvalue weighted by atomic mass is 10.0. The van der Waals surface area contributed by atoms with E-state index in [0.717, 1.165) is 29.5 Å². The lowest BCUT2D eigenvalue weighted by Crippen LogP contribution is -2.15. The van der Waals surface area contributed by atoms with Crippen LogP contribution in [0.5, 0.6) is 0 Å². The third-order valence-electron chi connectivity index (χ3n) is 3.75. The van der Waals surface area contributed by atoms with Gasteiger partial charge in [-0.15, -0.1) is 5.10 Å². The molecule has 0 saturated heterocycles. The van der Waals surface area contributed by atoms with Crippen molar-refractivity contribution in [3.63, 3.8) is 0 Å². The molecule has 0 atom stereocenters. The normalized spacial score (nSPS) is 10.5. The van der Waals surface area contributed by atoms with Crippen molar-refractivity contribution in [1.82, 2.24) is 9.78 Å². The predicted molar refractivity (Wildman–Crippen MR) is 91.1 cm³/mol. The molecule has 0 N–H and O–H groups in total. The van der Waals surface area contributed by atoms with Gasteiger partial charge in [0.25, 0.3) is 0 Å². The molecule has 0 aliphatic carbocycles. The van der Waals surface area contributed by atoms with E-state index in [4.69, 9.17) is 9.68 Å². The van der Waals surface area contributed by atoms with Gasteiger partial charge >= 0.3 is 5.76 Å². The number of hydrogen-bond donors (Lipinski definition) is 0. The maximum atomic E-state index is 11.8. The number of hydrogen-bond acceptors (Lipinski definition) is 4. The van der Waals surface area contributed by atoms with Crippen LogP contribution in [0.2, 0.25) is 0 Å². The maximum absolute atomic E-state index is 11.8. The number of nitrogens with zero attached hydrogens (tertiary/aromatic N) is 3. The molecule has 120 valence electrons. The van der Waals surface area contributed by atoms with Crippen LogP contribution in [0, 0.1) is 11.3 Å². The molecule has 0 spiro atoms. The van der Waals surface area contributed by atoms with Gasteiger partial charge in [0, 0.05) is 18.5 Å². The molecule has 0 unspecified atom stereocenters. The van der Waals surface area contributed by atoms with E-state index in [-0.39, 0.29) is 0 Å². The van der Waals surface area contributed by atoms with Crippen LogP contribution in [0.15, 0.2) is 63.8 Å². The van der Waals surface area contributed by atoms with Gasteiger partial charge in [-0.3, -0.25) is 0 Å². The quantitative estimate of drug-likeness (QED) is 0.647. The Morgan fingerprint density at radius 1 is 0.958 bits per heavy atom. The Morgan fingerprint density at radius 3 is 2.33 bits per heavy atom. The van der Waals surface area contributed by atoms with E-state index < -0.39 is 5.76 Å². The first-order chi connectivity index (χ1) is 11.8. The van der Waals surface area contributed by atoms with E-state index in [1.165, 1.54) is 4.68 Å². The monoisotopic (exact) mass is 319 g/mol. The molecule has 0 radical (unpaired) electrons. The molecular weight excluding hydrogens is 302 g/mol. The van der Waals surface area contributed by atoms with Crippen LogP contribution < -0.4 is 5.76 Å². The maximum Gasteiger partial charge on any atom is 0.437 e. The Hall–Kier alpha value is -3.13. The SMILES string of the molecule is N#CCCCCn1nc(-c2ccc(-c3ccccc3)cc2)oc1=O. The van der Waals surface area contributed by atoms with Crippen LogP contribution in [0.3, 0.4) is 0 Å². The molecular formula is C19H17N3O2. The minimum atomic E-state index is -0.464. The van der Waals surface area contributed by atoms with Crippen molar-refractivity contribution in [1.29, 1.82) is 5.26 Å². The summed E-state index contributed by atoms with van der Waals surface area (Å²) in [5.74, 6) is -0.144. The zero-order valence-electron chi connectivity index (χ0n) is 13.2. The third kappa shape index (κ3) is 3.61. The summed E-state index contributed by atoms with van der Waals surface area (Å²) in [6.45, 7) is 0.464. The van der Waals surface area contributed by atoms with Crippen molar-refractivity contribution < 1.29 is 4.42 Å². The molecule has 0 amide bonds. The molecule has 0 saturated carbocycles. The van der Waals surface area contributed by atoms with Gasteiger partial charge in [-0.2, -0.15) is 9.94 Å². The minimum absolute atomic E-state index is 0.319. The number of aromatic nitrogens is 2. The van der Waals surface area contributed by atoms with Crippen LogP contribution in [0.25, 0.3) is 22.6 Å². The largest absolute Gasteiger partial charge is 0.437 e. The fourth-order valence-corrected chi connectivity index (χ4v) is 2.47. The van der Waals surface area contributed by atoms with Gasteiger partial charge in [-0.1, -0.05) is 42.5 Å². The molecule has 0 bridgehead atoms. The Labute approximate surface area is 139 Å². The van der Waals surface area contributed by atoms with E-state index in [2.05, 4.69) is 11.2 Å². The summed E-state index contributed by atoms with van der Waals surface area (Å²) in [4.78, 5) is 11.8. The van der Waals surface area contributed by atoms with Gasteiger partial charge in [0.1, 0.15) is 0 Å². The molecule has 24 heavy (non-hydrogen) atoms. The van der Waals surface area contributed by atoms with Gasteiger partial charge in [-0.25, -0.2) is 4.79 Å². The second-order valence-corrected chi connectivity index (χ2v) is 5.45. The highest BCUT2D eigenvalue weighted by Crippen LogP contribution is 2.23. The molecule has 3 rings (SSSR count). The third-order valence-corrected chi connectivity index (χ3v) is 3.75. The number of benzene rings is 2. The smallest absolute Gasteiger partial charge is 0.388 e. The van der Waals surface area contributed by atoms with Crippen molar-refractivity contribution >= 4 is 0 Å². The fraction of sp³-hybridized carbons (Fsp3) is 0.211. The minimum Gasteiger partial charge on any atom is -0.388 e. The summed E-state index contributed by atoms with van der Waals surface area (Å²) in [7, 11) is 0. The van der Waals surface area contributed by atoms with Gasteiger partial charge in [0.05, 0.1) is 6.07 Å². The highest BCUT2D eigenvalue weighted by atomic mass is 16.4. The van der Waals surface area contributed by atoms with Crippen LogP contribution in [-0.4, -0.2) is 9.78 Å². The summed E-state index contributed by atoms with van der Waals surface area (Å²) in [5.41, 5.74) is 2.99. The summed E-state index contributed by atoms with van der Waals surface area (Å²) in [5, 5.41) is 12.8. The van der Waals surface area contributed by atoms with E-state index in [1.54, 1.807) is 0 Å². The molecule has 0 fully saturated rings. The molecule has 2 aromatic carbocycles. The second kappa shape index (κ2) is 7.42. The Balaban J connectivity index is 1.75. The molecule has 0 aliphatic rings. The second-order valence-electron chi connectivity index (χ2n) is 5.45.